The molecule has 2 aliphatic rings. The van der Waals surface area contributed by atoms with Crippen LogP contribution in [0.3, 0.4) is 0 Å². The molecule has 1 saturated heterocycles. The second kappa shape index (κ2) is 7.31. The number of benzene rings is 1. The fourth-order valence-corrected chi connectivity index (χ4v) is 5.26. The lowest BCUT2D eigenvalue weighted by Crippen LogP contribution is -2.48. The first-order valence-electron chi connectivity index (χ1n) is 10.2. The predicted octanol–water partition coefficient (Wildman–Crippen LogP) is 3.06. The summed E-state index contributed by atoms with van der Waals surface area (Å²) < 4.78 is 1.92. The number of aryl methyl sites for hydroxylation is 1. The topological polar surface area (TPSA) is 67.4 Å². The van der Waals surface area contributed by atoms with Crippen LogP contribution in [0.1, 0.15) is 27.9 Å². The summed E-state index contributed by atoms with van der Waals surface area (Å²) >= 11 is 1.78. The Hall–Kier alpha value is -2.64. The van der Waals surface area contributed by atoms with Crippen molar-refractivity contribution in [3.8, 4) is 16.9 Å². The van der Waals surface area contributed by atoms with Crippen LogP contribution in [0, 0.1) is 0 Å². The van der Waals surface area contributed by atoms with E-state index >= 15 is 0 Å². The first-order valence-corrected chi connectivity index (χ1v) is 11.1. The maximum atomic E-state index is 13.4. The van der Waals surface area contributed by atoms with Gasteiger partial charge in [-0.2, -0.15) is 5.10 Å². The third-order valence-electron chi connectivity index (χ3n) is 6.01. The quantitative estimate of drug-likeness (QED) is 0.678. The maximum absolute atomic E-state index is 13.4. The van der Waals surface area contributed by atoms with Crippen LogP contribution in [0.4, 0.5) is 5.69 Å². The molecule has 0 atom stereocenters. The highest BCUT2D eigenvalue weighted by Gasteiger charge is 2.32. The van der Waals surface area contributed by atoms with Crippen LogP contribution in [0.15, 0.2) is 35.7 Å². The number of thiophene rings is 1. The molecule has 0 bridgehead atoms. The first kappa shape index (κ1) is 18.4. The lowest BCUT2D eigenvalue weighted by Gasteiger charge is -2.33. The summed E-state index contributed by atoms with van der Waals surface area (Å²) in [5, 5.41) is 6.98. The smallest absolute Gasteiger partial charge is 0.274 e. The average Bonchev–Trinajstić information content (AvgIpc) is 3.37. The van der Waals surface area contributed by atoms with Crippen molar-refractivity contribution in [2.24, 2.45) is 0 Å². The fraction of sp³-hybridized carbons (Fsp3) is 0.364. The van der Waals surface area contributed by atoms with Crippen molar-refractivity contribution in [3.63, 3.8) is 0 Å². The molecule has 1 fully saturated rings. The predicted molar refractivity (Wildman–Crippen MR) is 117 cm³/mol. The lowest BCUT2D eigenvalue weighted by molar-refractivity contribution is 0.0636. The monoisotopic (exact) mass is 407 g/mol. The largest absolute Gasteiger partial charge is 0.399 e. The van der Waals surface area contributed by atoms with Gasteiger partial charge in [0.25, 0.3) is 5.91 Å². The Labute approximate surface area is 174 Å². The highest BCUT2D eigenvalue weighted by molar-refractivity contribution is 7.10. The van der Waals surface area contributed by atoms with E-state index in [9.17, 15) is 4.79 Å². The minimum atomic E-state index is 0.0540. The van der Waals surface area contributed by atoms with Gasteiger partial charge < -0.3 is 15.5 Å². The van der Waals surface area contributed by atoms with E-state index in [0.29, 0.717) is 11.4 Å². The second-order valence-corrected chi connectivity index (χ2v) is 8.67. The second-order valence-electron chi connectivity index (χ2n) is 7.67. The minimum absolute atomic E-state index is 0.0540. The standard InChI is InChI=1S/C22H25N5OS/c1-2-25-9-11-26(12-10-25)22(28)20-18-6-7-19-17(8-13-29-19)21(18)27(24-20)16-5-3-4-15(23)14-16/h3-5,8,13-14H,2,6-7,9-12,23H2,1H3. The van der Waals surface area contributed by atoms with Crippen LogP contribution in [0.2, 0.25) is 0 Å². The number of rotatable bonds is 3. The first-order chi connectivity index (χ1) is 14.2. The van der Waals surface area contributed by atoms with Gasteiger partial charge in [-0.25, -0.2) is 4.68 Å². The van der Waals surface area contributed by atoms with E-state index < -0.39 is 0 Å². The molecular weight excluding hydrogens is 382 g/mol. The normalized spacial score (nSPS) is 16.5. The van der Waals surface area contributed by atoms with Gasteiger partial charge in [-0.15, -0.1) is 11.3 Å². The molecule has 3 heterocycles. The van der Waals surface area contributed by atoms with E-state index in [1.54, 1.807) is 11.3 Å². The van der Waals surface area contributed by atoms with Gasteiger partial charge in [0.15, 0.2) is 5.69 Å². The molecule has 0 unspecified atom stereocenters. The van der Waals surface area contributed by atoms with E-state index in [0.717, 1.165) is 62.5 Å². The number of hydrogen-bond donors (Lipinski definition) is 1. The van der Waals surface area contributed by atoms with Crippen molar-refractivity contribution in [2.75, 3.05) is 38.5 Å². The molecule has 3 aromatic rings. The number of nitrogens with two attached hydrogens (primary N) is 1. The van der Waals surface area contributed by atoms with Gasteiger partial charge in [-0.1, -0.05) is 13.0 Å². The average molecular weight is 408 g/mol. The number of fused-ring (bicyclic) bond motifs is 3. The van der Waals surface area contributed by atoms with E-state index in [1.807, 2.05) is 33.8 Å². The Kier molecular flexibility index (Phi) is 4.64. The molecule has 2 aromatic heterocycles. The van der Waals surface area contributed by atoms with Gasteiger partial charge in [0.1, 0.15) is 0 Å². The Morgan fingerprint density at radius 3 is 2.76 bits per heavy atom. The number of piperazine rings is 1. The molecule has 0 spiro atoms. The number of nitrogen functional groups attached to an aromatic ring is 1. The lowest BCUT2D eigenvalue weighted by atomic mass is 9.94. The Balaban J connectivity index is 1.59. The Bertz CT molecular complexity index is 1060. The summed E-state index contributed by atoms with van der Waals surface area (Å²) in [7, 11) is 0. The van der Waals surface area contributed by atoms with Crippen LogP contribution in [-0.2, 0) is 12.8 Å². The molecule has 7 heteroatoms. The Morgan fingerprint density at radius 2 is 2.00 bits per heavy atom. The van der Waals surface area contributed by atoms with E-state index in [4.69, 9.17) is 10.8 Å². The zero-order valence-electron chi connectivity index (χ0n) is 16.6. The number of aromatic nitrogens is 2. The molecule has 1 amide bonds. The summed E-state index contributed by atoms with van der Waals surface area (Å²) in [4.78, 5) is 19.1. The van der Waals surface area contributed by atoms with Crippen molar-refractivity contribution in [3.05, 3.63) is 51.8 Å². The number of likely N-dealkylation sites (N-methyl/N-ethyl adjacent to an activating group) is 1. The summed E-state index contributed by atoms with van der Waals surface area (Å²) in [6.45, 7) is 6.57. The number of nitrogens with zero attached hydrogens (tertiary/aromatic N) is 4. The van der Waals surface area contributed by atoms with Crippen molar-refractivity contribution >= 4 is 22.9 Å². The van der Waals surface area contributed by atoms with Crippen LogP contribution in [0.25, 0.3) is 16.9 Å². The fourth-order valence-electron chi connectivity index (χ4n) is 4.38. The molecule has 1 aromatic carbocycles. The van der Waals surface area contributed by atoms with Crippen molar-refractivity contribution in [1.29, 1.82) is 0 Å². The Morgan fingerprint density at radius 1 is 1.17 bits per heavy atom. The summed E-state index contributed by atoms with van der Waals surface area (Å²) in [5.74, 6) is 0.0540. The maximum Gasteiger partial charge on any atom is 0.274 e. The molecule has 5 rings (SSSR count). The number of amides is 1. The van der Waals surface area contributed by atoms with Gasteiger partial charge in [0.05, 0.1) is 11.4 Å². The molecule has 6 nitrogen and oxygen atoms in total. The molecule has 0 radical (unpaired) electrons. The molecule has 29 heavy (non-hydrogen) atoms. The molecule has 2 N–H and O–H groups in total. The molecule has 1 aliphatic carbocycles. The van der Waals surface area contributed by atoms with E-state index in [2.05, 4.69) is 23.3 Å². The number of hydrogen-bond acceptors (Lipinski definition) is 5. The SMILES string of the molecule is CCN1CCN(C(=O)c2nn(-c3cccc(N)c3)c3c2CCc2sccc2-3)CC1. The molecule has 150 valence electrons. The molecule has 1 aliphatic heterocycles. The third kappa shape index (κ3) is 3.14. The number of carbonyl (C=O) groups is 1. The van der Waals surface area contributed by atoms with Crippen LogP contribution >= 0.6 is 11.3 Å². The number of carbonyl (C=O) groups excluding carboxylic acids is 1. The molecular formula is C22H25N5OS. The van der Waals surface area contributed by atoms with E-state index in [-0.39, 0.29) is 5.91 Å². The van der Waals surface area contributed by atoms with Crippen molar-refractivity contribution < 1.29 is 4.79 Å². The number of anilines is 1. The van der Waals surface area contributed by atoms with Gasteiger partial charge >= 0.3 is 0 Å². The minimum Gasteiger partial charge on any atom is -0.399 e. The van der Waals surface area contributed by atoms with Crippen molar-refractivity contribution in [2.45, 2.75) is 19.8 Å². The molecule has 0 saturated carbocycles. The van der Waals surface area contributed by atoms with Crippen LogP contribution in [-0.4, -0.2) is 58.2 Å². The van der Waals surface area contributed by atoms with Crippen molar-refractivity contribution in [1.82, 2.24) is 19.6 Å². The van der Waals surface area contributed by atoms with Crippen LogP contribution in [0.5, 0.6) is 0 Å². The van der Waals surface area contributed by atoms with Crippen LogP contribution < -0.4 is 5.73 Å². The third-order valence-corrected chi connectivity index (χ3v) is 6.99. The van der Waals surface area contributed by atoms with Gasteiger partial charge in [-0.05, 0) is 49.0 Å². The van der Waals surface area contributed by atoms with Gasteiger partial charge in [-0.3, -0.25) is 4.79 Å². The zero-order chi connectivity index (χ0) is 20.0. The summed E-state index contributed by atoms with van der Waals surface area (Å²) in [5.41, 5.74) is 11.5. The highest BCUT2D eigenvalue weighted by Crippen LogP contribution is 2.39. The van der Waals surface area contributed by atoms with E-state index in [1.165, 1.54) is 10.4 Å². The summed E-state index contributed by atoms with van der Waals surface area (Å²) in [6, 6.07) is 9.87. The summed E-state index contributed by atoms with van der Waals surface area (Å²) in [6.07, 6.45) is 1.81. The van der Waals surface area contributed by atoms with Gasteiger partial charge in [0, 0.05) is 47.9 Å². The zero-order valence-corrected chi connectivity index (χ0v) is 17.4. The van der Waals surface area contributed by atoms with Gasteiger partial charge in [0.2, 0.25) is 0 Å². The highest BCUT2D eigenvalue weighted by atomic mass is 32.1.